The third-order valence-corrected chi connectivity index (χ3v) is 9.88. The molecule has 2 aliphatic rings. The van der Waals surface area contributed by atoms with E-state index in [1.165, 1.54) is 6.42 Å². The number of morpholine rings is 2. The maximum absolute atomic E-state index is 13.5. The normalized spacial score (nSPS) is 18.4. The average molecular weight is 702 g/mol. The average Bonchev–Trinajstić information content (AvgIpc) is 3.85. The van der Waals surface area contributed by atoms with Crippen molar-refractivity contribution in [2.45, 2.75) is 59.3 Å². The molecule has 0 saturated carbocycles. The number of H-pyrrole nitrogens is 2. The Hall–Kier alpha value is -4.14. The van der Waals surface area contributed by atoms with E-state index in [2.05, 4.69) is 63.4 Å². The lowest BCUT2D eigenvalue weighted by Crippen LogP contribution is -2.42. The van der Waals surface area contributed by atoms with Crippen LogP contribution in [0.15, 0.2) is 48.8 Å². The predicted octanol–water partition coefficient (Wildman–Crippen LogP) is 6.39. The van der Waals surface area contributed by atoms with Crippen LogP contribution < -0.4 is 10.6 Å². The fraction of sp³-hybridized carbons (Fsp3) is 0.459. The zero-order valence-corrected chi connectivity index (χ0v) is 29.9. The number of anilines is 1. The number of aromatic carboxylic acids is 1. The molecule has 5 heterocycles. The van der Waals surface area contributed by atoms with Crippen LogP contribution in [-0.4, -0.2) is 93.6 Å². The first-order valence-electron chi connectivity index (χ1n) is 17.4. The van der Waals surface area contributed by atoms with Gasteiger partial charge in [-0.2, -0.15) is 5.10 Å². The number of fused-ring (bicyclic) bond motifs is 2. The number of hydrogen-bond donors (Lipinski definition) is 5. The van der Waals surface area contributed by atoms with E-state index in [1.807, 2.05) is 42.6 Å². The largest absolute Gasteiger partial charge is 0.477 e. The van der Waals surface area contributed by atoms with Crippen molar-refractivity contribution in [1.82, 2.24) is 30.4 Å². The standard InChI is InChI=1S/C29H30N6O4S.C8H17NO/c1-16(2)10-18-14-35(8-9-39-18)15-25-33-26(27(40-25)29(37)38)28(36)32-23-11-17(12-24-21(23)13-31-34-24)19-4-3-5-22-20(19)6-7-30-22;1-7(2)5-8-6-9-3-4-10-8/h3-7,11-13,16,18,30H,8-10,14-15H2,1-2H3,(H,31,34)(H,32,36)(H,37,38);7-9H,3-6H2,1-2H3. The lowest BCUT2D eigenvalue weighted by Gasteiger charge is -2.33. The number of carboxylic acids is 1. The molecule has 2 atom stereocenters. The van der Waals surface area contributed by atoms with Crippen LogP contribution in [0.4, 0.5) is 5.69 Å². The molecule has 3 aromatic heterocycles. The van der Waals surface area contributed by atoms with Crippen molar-refractivity contribution in [3.63, 3.8) is 0 Å². The van der Waals surface area contributed by atoms with Crippen molar-refractivity contribution < 1.29 is 24.2 Å². The SMILES string of the molecule is CC(C)CC1CN(Cc2nc(C(=O)Nc3cc(-c4cccc5[nH]ccc45)cc4[nH]ncc34)c(C(=O)O)s2)CCO1.CC(C)CC1CNCCO1. The lowest BCUT2D eigenvalue weighted by atomic mass is 9.99. The van der Waals surface area contributed by atoms with Gasteiger partial charge in [-0.3, -0.25) is 14.8 Å². The topological polar surface area (TPSA) is 157 Å². The minimum absolute atomic E-state index is 0.0730. The number of benzene rings is 2. The highest BCUT2D eigenvalue weighted by atomic mass is 32.1. The molecule has 0 radical (unpaired) electrons. The van der Waals surface area contributed by atoms with Crippen molar-refractivity contribution in [2.75, 3.05) is 44.7 Å². The number of aromatic amines is 2. The molecule has 2 saturated heterocycles. The van der Waals surface area contributed by atoms with Crippen molar-refractivity contribution >= 4 is 50.7 Å². The summed E-state index contributed by atoms with van der Waals surface area (Å²) in [4.78, 5) is 35.5. The summed E-state index contributed by atoms with van der Waals surface area (Å²) in [5.74, 6) is -0.464. The van der Waals surface area contributed by atoms with E-state index in [-0.39, 0.29) is 16.7 Å². The third kappa shape index (κ3) is 8.77. The smallest absolute Gasteiger partial charge is 0.348 e. The molecule has 2 aromatic carbocycles. The summed E-state index contributed by atoms with van der Waals surface area (Å²) in [6.45, 7) is 14.3. The van der Waals surface area contributed by atoms with E-state index in [1.54, 1.807) is 6.20 Å². The fourth-order valence-electron chi connectivity index (χ4n) is 6.64. The molecule has 12 nitrogen and oxygen atoms in total. The van der Waals surface area contributed by atoms with Crippen LogP contribution in [0.5, 0.6) is 0 Å². The number of carbonyl (C=O) groups excluding carboxylic acids is 1. The van der Waals surface area contributed by atoms with Crippen molar-refractivity contribution in [3.05, 3.63) is 64.4 Å². The molecule has 13 heteroatoms. The summed E-state index contributed by atoms with van der Waals surface area (Å²) in [5, 5.41) is 25.6. The Labute approximate surface area is 296 Å². The number of hydrogen-bond acceptors (Lipinski definition) is 9. The number of carbonyl (C=O) groups is 2. The van der Waals surface area contributed by atoms with Gasteiger partial charge in [0.05, 0.1) is 49.4 Å². The van der Waals surface area contributed by atoms with E-state index in [0.29, 0.717) is 35.9 Å². The molecular weight excluding hydrogens is 655 g/mol. The monoisotopic (exact) mass is 701 g/mol. The number of nitrogens with zero attached hydrogens (tertiary/aromatic N) is 3. The molecule has 266 valence electrons. The van der Waals surface area contributed by atoms with E-state index < -0.39 is 11.9 Å². The molecule has 2 unspecified atom stereocenters. The van der Waals surface area contributed by atoms with E-state index >= 15 is 0 Å². The van der Waals surface area contributed by atoms with Gasteiger partial charge >= 0.3 is 5.97 Å². The molecule has 5 aromatic rings. The van der Waals surface area contributed by atoms with Crippen LogP contribution in [0, 0.1) is 11.8 Å². The van der Waals surface area contributed by atoms with Crippen molar-refractivity contribution in [1.29, 1.82) is 0 Å². The quantitative estimate of drug-likeness (QED) is 0.111. The summed E-state index contributed by atoms with van der Waals surface area (Å²) in [5.41, 5.74) is 4.07. The lowest BCUT2D eigenvalue weighted by molar-refractivity contribution is -0.0400. The highest BCUT2D eigenvalue weighted by molar-refractivity contribution is 7.13. The Morgan fingerprint density at radius 3 is 2.60 bits per heavy atom. The number of nitrogens with one attached hydrogen (secondary N) is 4. The highest BCUT2D eigenvalue weighted by Crippen LogP contribution is 2.34. The molecule has 7 rings (SSSR count). The fourth-order valence-corrected chi connectivity index (χ4v) is 7.58. The molecule has 0 bridgehead atoms. The van der Waals surface area contributed by atoms with Crippen LogP contribution in [-0.2, 0) is 16.0 Å². The van der Waals surface area contributed by atoms with Gasteiger partial charge in [-0.25, -0.2) is 9.78 Å². The molecular formula is C37H47N7O5S. The first-order valence-corrected chi connectivity index (χ1v) is 18.2. The number of carboxylic acid groups (broad SMARTS) is 1. The van der Waals surface area contributed by atoms with Gasteiger partial charge in [-0.05, 0) is 60.1 Å². The number of aromatic nitrogens is 4. The van der Waals surface area contributed by atoms with Crippen LogP contribution in [0.25, 0.3) is 32.9 Å². The first kappa shape index (κ1) is 35.7. The zero-order valence-electron chi connectivity index (χ0n) is 29.1. The summed E-state index contributed by atoms with van der Waals surface area (Å²) < 4.78 is 11.4. The summed E-state index contributed by atoms with van der Waals surface area (Å²) in [6.07, 6.45) is 6.28. The van der Waals surface area contributed by atoms with Gasteiger partial charge in [0.1, 0.15) is 9.88 Å². The number of thiazole rings is 1. The minimum atomic E-state index is -1.17. The van der Waals surface area contributed by atoms with E-state index in [9.17, 15) is 14.7 Å². The van der Waals surface area contributed by atoms with Gasteiger partial charge in [0, 0.05) is 48.7 Å². The summed E-state index contributed by atoms with van der Waals surface area (Å²) in [6, 6.07) is 11.9. The molecule has 0 aliphatic carbocycles. The van der Waals surface area contributed by atoms with Crippen LogP contribution in [0.1, 0.15) is 65.7 Å². The maximum Gasteiger partial charge on any atom is 0.348 e. The van der Waals surface area contributed by atoms with Crippen LogP contribution in [0.2, 0.25) is 0 Å². The second-order valence-corrected chi connectivity index (χ2v) is 14.9. The summed E-state index contributed by atoms with van der Waals surface area (Å²) >= 11 is 1.05. The highest BCUT2D eigenvalue weighted by Gasteiger charge is 2.27. The van der Waals surface area contributed by atoms with E-state index in [4.69, 9.17) is 9.47 Å². The molecule has 2 aliphatic heterocycles. The van der Waals surface area contributed by atoms with Gasteiger partial charge in [0.2, 0.25) is 0 Å². The molecule has 5 N–H and O–H groups in total. The number of amides is 1. The maximum atomic E-state index is 13.5. The summed E-state index contributed by atoms with van der Waals surface area (Å²) in [7, 11) is 0. The second kappa shape index (κ2) is 16.3. The Morgan fingerprint density at radius 1 is 1.04 bits per heavy atom. The molecule has 2 fully saturated rings. The van der Waals surface area contributed by atoms with Gasteiger partial charge in [0.25, 0.3) is 5.91 Å². The van der Waals surface area contributed by atoms with E-state index in [0.717, 1.165) is 89.4 Å². The Kier molecular flexibility index (Phi) is 11.6. The molecule has 0 spiro atoms. The third-order valence-electron chi connectivity index (χ3n) is 8.85. The number of ether oxygens (including phenoxy) is 2. The van der Waals surface area contributed by atoms with Crippen LogP contribution in [0.3, 0.4) is 0 Å². The van der Waals surface area contributed by atoms with Crippen molar-refractivity contribution in [2.24, 2.45) is 11.8 Å². The van der Waals surface area contributed by atoms with Crippen molar-refractivity contribution in [3.8, 4) is 11.1 Å². The molecule has 1 amide bonds. The van der Waals surface area contributed by atoms with Gasteiger partial charge in [-0.15, -0.1) is 11.3 Å². The first-order chi connectivity index (χ1) is 24.1. The Balaban J connectivity index is 0.000000373. The Morgan fingerprint density at radius 2 is 1.84 bits per heavy atom. The second-order valence-electron chi connectivity index (χ2n) is 13.8. The Bertz CT molecular complexity index is 1910. The van der Waals surface area contributed by atoms with Gasteiger partial charge in [0.15, 0.2) is 5.69 Å². The van der Waals surface area contributed by atoms with Crippen LogP contribution >= 0.6 is 11.3 Å². The molecule has 50 heavy (non-hydrogen) atoms. The predicted molar refractivity (Wildman–Crippen MR) is 197 cm³/mol. The zero-order chi connectivity index (χ0) is 35.2. The van der Waals surface area contributed by atoms with Gasteiger partial charge < -0.3 is 30.2 Å². The number of rotatable bonds is 10. The van der Waals surface area contributed by atoms with Gasteiger partial charge in [-0.1, -0.05) is 39.8 Å². The minimum Gasteiger partial charge on any atom is -0.477 e.